The maximum atomic E-state index is 12.4. The van der Waals surface area contributed by atoms with Crippen LogP contribution in [0.1, 0.15) is 98.5 Å². The van der Waals surface area contributed by atoms with Crippen LogP contribution in [0, 0.1) is 17.2 Å². The summed E-state index contributed by atoms with van der Waals surface area (Å²) in [6.07, 6.45) is 13.5. The van der Waals surface area contributed by atoms with E-state index in [2.05, 4.69) is 25.1 Å². The molecule has 0 spiro atoms. The number of carbonyl (C=O) groups excluding carboxylic acids is 1. The fraction of sp³-hybridized carbons (Fsp3) is 0.481. The molecule has 30 heavy (non-hydrogen) atoms. The minimum Gasteiger partial charge on any atom is -0.423 e. The van der Waals surface area contributed by atoms with Crippen LogP contribution in [0.5, 0.6) is 5.75 Å². The van der Waals surface area contributed by atoms with Crippen LogP contribution < -0.4 is 4.74 Å². The molecular weight excluding hydrogens is 370 g/mol. The number of benzene rings is 2. The first kappa shape index (κ1) is 22.1. The summed E-state index contributed by atoms with van der Waals surface area (Å²) in [4.78, 5) is 12.4. The summed E-state index contributed by atoms with van der Waals surface area (Å²) in [5.74, 6) is 1.61. The third-order valence-electron chi connectivity index (χ3n) is 6.37. The van der Waals surface area contributed by atoms with Crippen LogP contribution in [0.2, 0.25) is 0 Å². The number of rotatable bonds is 9. The molecule has 0 N–H and O–H groups in total. The Morgan fingerprint density at radius 3 is 2.23 bits per heavy atom. The topological polar surface area (TPSA) is 50.1 Å². The van der Waals surface area contributed by atoms with Gasteiger partial charge in [-0.2, -0.15) is 5.26 Å². The van der Waals surface area contributed by atoms with Gasteiger partial charge in [0.15, 0.2) is 0 Å². The van der Waals surface area contributed by atoms with Gasteiger partial charge in [-0.05, 0) is 79.5 Å². The minimum atomic E-state index is -0.363. The average molecular weight is 404 g/mol. The highest BCUT2D eigenvalue weighted by Gasteiger charge is 2.22. The van der Waals surface area contributed by atoms with Crippen LogP contribution in [0.3, 0.4) is 0 Å². The maximum Gasteiger partial charge on any atom is 0.343 e. The Bertz CT molecular complexity index is 825. The number of unbranched alkanes of at least 4 members (excludes halogenated alkanes) is 4. The Kier molecular flexibility index (Phi) is 8.51. The van der Waals surface area contributed by atoms with Crippen LogP contribution in [0.4, 0.5) is 0 Å². The van der Waals surface area contributed by atoms with E-state index in [4.69, 9.17) is 10.00 Å². The Morgan fingerprint density at radius 1 is 0.933 bits per heavy atom. The molecule has 0 saturated heterocycles. The van der Waals surface area contributed by atoms with Crippen molar-refractivity contribution in [3.63, 3.8) is 0 Å². The molecular formula is C27H33NO2. The average Bonchev–Trinajstić information content (AvgIpc) is 2.80. The zero-order valence-corrected chi connectivity index (χ0v) is 18.1. The van der Waals surface area contributed by atoms with Gasteiger partial charge in [-0.1, -0.05) is 57.6 Å². The second-order valence-corrected chi connectivity index (χ2v) is 8.57. The molecule has 0 unspecified atom stereocenters. The number of nitrogens with zero attached hydrogens (tertiary/aromatic N) is 1. The number of nitriles is 1. The van der Waals surface area contributed by atoms with Gasteiger partial charge in [0.1, 0.15) is 5.75 Å². The molecule has 1 fully saturated rings. The predicted molar refractivity (Wildman–Crippen MR) is 121 cm³/mol. The van der Waals surface area contributed by atoms with Crippen molar-refractivity contribution in [2.75, 3.05) is 0 Å². The molecule has 3 nitrogen and oxygen atoms in total. The van der Waals surface area contributed by atoms with Gasteiger partial charge in [-0.15, -0.1) is 0 Å². The molecule has 0 aliphatic heterocycles. The predicted octanol–water partition coefficient (Wildman–Crippen LogP) is 7.41. The van der Waals surface area contributed by atoms with E-state index in [1.54, 1.807) is 24.3 Å². The van der Waals surface area contributed by atoms with E-state index < -0.39 is 0 Å². The van der Waals surface area contributed by atoms with E-state index in [-0.39, 0.29) is 5.97 Å². The molecule has 2 aromatic rings. The summed E-state index contributed by atoms with van der Waals surface area (Å²) < 4.78 is 5.41. The van der Waals surface area contributed by atoms with E-state index in [0.717, 1.165) is 5.92 Å². The highest BCUT2D eigenvalue weighted by molar-refractivity contribution is 5.91. The first-order valence-electron chi connectivity index (χ1n) is 11.5. The van der Waals surface area contributed by atoms with Crippen molar-refractivity contribution in [3.8, 4) is 11.8 Å². The Labute approximate surface area is 181 Å². The first-order valence-corrected chi connectivity index (χ1v) is 11.5. The fourth-order valence-corrected chi connectivity index (χ4v) is 4.48. The summed E-state index contributed by atoms with van der Waals surface area (Å²) >= 11 is 0. The number of ether oxygens (including phenoxy) is 1. The lowest BCUT2D eigenvalue weighted by Gasteiger charge is -2.29. The minimum absolute atomic E-state index is 0.363. The lowest BCUT2D eigenvalue weighted by atomic mass is 9.77. The van der Waals surface area contributed by atoms with Gasteiger partial charge in [-0.25, -0.2) is 4.79 Å². The Balaban J connectivity index is 1.45. The molecule has 1 aliphatic carbocycles. The summed E-state index contributed by atoms with van der Waals surface area (Å²) in [6.45, 7) is 2.27. The van der Waals surface area contributed by atoms with Crippen molar-refractivity contribution in [2.45, 2.75) is 77.0 Å². The second kappa shape index (κ2) is 11.6. The third kappa shape index (κ3) is 6.46. The zero-order chi connectivity index (χ0) is 21.2. The number of carbonyl (C=O) groups is 1. The van der Waals surface area contributed by atoms with Crippen LogP contribution in [0.25, 0.3) is 0 Å². The van der Waals surface area contributed by atoms with Crippen LogP contribution in [0.15, 0.2) is 48.5 Å². The molecule has 2 aromatic carbocycles. The molecule has 1 saturated carbocycles. The number of hydrogen-bond donors (Lipinski definition) is 0. The van der Waals surface area contributed by atoms with Gasteiger partial charge in [0, 0.05) is 0 Å². The van der Waals surface area contributed by atoms with Crippen LogP contribution in [-0.4, -0.2) is 5.97 Å². The van der Waals surface area contributed by atoms with Crippen molar-refractivity contribution in [1.82, 2.24) is 0 Å². The second-order valence-electron chi connectivity index (χ2n) is 8.57. The molecule has 158 valence electrons. The summed E-state index contributed by atoms with van der Waals surface area (Å²) in [6, 6.07) is 16.6. The quantitative estimate of drug-likeness (QED) is 0.249. The molecule has 0 radical (unpaired) electrons. The van der Waals surface area contributed by atoms with Crippen molar-refractivity contribution in [1.29, 1.82) is 5.26 Å². The number of hydrogen-bond acceptors (Lipinski definition) is 3. The number of esters is 1. The van der Waals surface area contributed by atoms with Crippen molar-refractivity contribution in [3.05, 3.63) is 65.2 Å². The smallest absolute Gasteiger partial charge is 0.343 e. The summed E-state index contributed by atoms with van der Waals surface area (Å²) in [7, 11) is 0. The largest absolute Gasteiger partial charge is 0.423 e. The lowest BCUT2D eigenvalue weighted by Crippen LogP contribution is -2.14. The standard InChI is InChI=1S/C27H33NO2/c1-2-3-4-5-6-7-21-8-12-23(13-9-21)24-14-16-25(17-15-24)27(29)30-26-18-10-22(20-28)11-19-26/h10-11,14-19,21,23H,2-9,12-13H2,1H3. The van der Waals surface area contributed by atoms with Crippen molar-refractivity contribution < 1.29 is 9.53 Å². The molecule has 0 atom stereocenters. The van der Waals surface area contributed by atoms with Gasteiger partial charge in [0.2, 0.25) is 0 Å². The molecule has 0 heterocycles. The van der Waals surface area contributed by atoms with Gasteiger partial charge >= 0.3 is 5.97 Å². The van der Waals surface area contributed by atoms with E-state index in [0.29, 0.717) is 22.8 Å². The van der Waals surface area contributed by atoms with Crippen LogP contribution >= 0.6 is 0 Å². The van der Waals surface area contributed by atoms with E-state index >= 15 is 0 Å². The third-order valence-corrected chi connectivity index (χ3v) is 6.37. The Morgan fingerprint density at radius 2 is 1.60 bits per heavy atom. The van der Waals surface area contributed by atoms with Gasteiger partial charge in [0.25, 0.3) is 0 Å². The molecule has 1 aliphatic rings. The van der Waals surface area contributed by atoms with E-state index in [9.17, 15) is 4.79 Å². The molecule has 3 heteroatoms. The summed E-state index contributed by atoms with van der Waals surface area (Å²) in [5.41, 5.74) is 2.44. The van der Waals surface area contributed by atoms with Gasteiger partial charge in [-0.3, -0.25) is 0 Å². The monoisotopic (exact) mass is 403 g/mol. The van der Waals surface area contributed by atoms with Crippen molar-refractivity contribution >= 4 is 5.97 Å². The van der Waals surface area contributed by atoms with E-state index in [1.165, 1.54) is 69.8 Å². The first-order chi connectivity index (χ1) is 14.7. The normalized spacial score (nSPS) is 18.5. The SMILES string of the molecule is CCCCCCCC1CCC(c2ccc(C(=O)Oc3ccc(C#N)cc3)cc2)CC1. The fourth-order valence-electron chi connectivity index (χ4n) is 4.48. The van der Waals surface area contributed by atoms with Gasteiger partial charge < -0.3 is 4.74 Å². The summed E-state index contributed by atoms with van der Waals surface area (Å²) in [5, 5.41) is 8.84. The molecule has 0 bridgehead atoms. The molecule has 3 rings (SSSR count). The van der Waals surface area contributed by atoms with E-state index in [1.807, 2.05) is 12.1 Å². The van der Waals surface area contributed by atoms with Crippen LogP contribution in [-0.2, 0) is 0 Å². The van der Waals surface area contributed by atoms with Gasteiger partial charge in [0.05, 0.1) is 17.2 Å². The highest BCUT2D eigenvalue weighted by atomic mass is 16.5. The molecule has 0 amide bonds. The lowest BCUT2D eigenvalue weighted by molar-refractivity contribution is 0.0734. The molecule has 0 aromatic heterocycles. The maximum absolute atomic E-state index is 12.4. The van der Waals surface area contributed by atoms with Crippen molar-refractivity contribution in [2.24, 2.45) is 5.92 Å². The zero-order valence-electron chi connectivity index (χ0n) is 18.1. The Hall–Kier alpha value is -2.60. The highest BCUT2D eigenvalue weighted by Crippen LogP contribution is 2.37.